The van der Waals surface area contributed by atoms with Crippen LogP contribution < -0.4 is 5.32 Å². The zero-order chi connectivity index (χ0) is 17.8. The van der Waals surface area contributed by atoms with E-state index in [1.165, 1.54) is 16.7 Å². The number of nitrogens with one attached hydrogen (secondary N) is 1. The monoisotopic (exact) mass is 359 g/mol. The van der Waals surface area contributed by atoms with E-state index in [1.54, 1.807) is 6.26 Å². The molecular weight excluding hydrogens is 334 g/mol. The molecule has 0 radical (unpaired) electrons. The van der Waals surface area contributed by atoms with Crippen molar-refractivity contribution in [2.24, 2.45) is 0 Å². The standard InChI is InChI=1S/C19H25N3O4/c23-19-22(12-17(26-19)11-21-8-6-20-7-9-21)18-14-24-13-16(25-18)10-15-4-2-1-3-5-15/h1-2,4,13-14,17,20H,3,5-12H2. The number of cyclic esters (lactones) is 1. The van der Waals surface area contributed by atoms with Crippen molar-refractivity contribution < 1.29 is 19.0 Å². The predicted molar refractivity (Wildman–Crippen MR) is 95.7 cm³/mol. The van der Waals surface area contributed by atoms with Crippen molar-refractivity contribution in [1.82, 2.24) is 15.1 Å². The molecule has 2 fully saturated rings. The topological polar surface area (TPSA) is 63.3 Å². The van der Waals surface area contributed by atoms with Crippen LogP contribution in [0.3, 0.4) is 0 Å². The lowest BCUT2D eigenvalue weighted by Crippen LogP contribution is -2.46. The van der Waals surface area contributed by atoms with Gasteiger partial charge in [0.2, 0.25) is 5.88 Å². The van der Waals surface area contributed by atoms with Crippen LogP contribution in [0.25, 0.3) is 0 Å². The van der Waals surface area contributed by atoms with Gasteiger partial charge in [-0.3, -0.25) is 4.90 Å². The summed E-state index contributed by atoms with van der Waals surface area (Å²) in [4.78, 5) is 16.1. The number of piperazine rings is 1. The third-order valence-electron chi connectivity index (χ3n) is 4.92. The number of rotatable bonds is 5. The highest BCUT2D eigenvalue weighted by Gasteiger charge is 2.37. The van der Waals surface area contributed by atoms with Crippen molar-refractivity contribution in [2.75, 3.05) is 39.3 Å². The van der Waals surface area contributed by atoms with Crippen molar-refractivity contribution >= 4 is 6.09 Å². The normalized spacial score (nSPS) is 26.5. The molecule has 3 heterocycles. The van der Waals surface area contributed by atoms with E-state index in [4.69, 9.17) is 14.2 Å². The molecular formula is C19H25N3O4. The van der Waals surface area contributed by atoms with Gasteiger partial charge in [0.25, 0.3) is 0 Å². The van der Waals surface area contributed by atoms with E-state index in [-0.39, 0.29) is 12.2 Å². The van der Waals surface area contributed by atoms with Crippen molar-refractivity contribution in [2.45, 2.75) is 25.4 Å². The van der Waals surface area contributed by atoms with Crippen LogP contribution in [0.5, 0.6) is 0 Å². The lowest BCUT2D eigenvalue weighted by atomic mass is 10.0. The fraction of sp³-hybridized carbons (Fsp3) is 0.526. The SMILES string of the molecule is O=C1OC(CN2CCNCC2)CN1C1=COC=C(CC2=CC=CCC2)O1. The second-order valence-corrected chi connectivity index (χ2v) is 6.91. The minimum Gasteiger partial charge on any atom is -0.464 e. The second-order valence-electron chi connectivity index (χ2n) is 6.91. The molecule has 0 saturated carbocycles. The van der Waals surface area contributed by atoms with Gasteiger partial charge in [0, 0.05) is 39.1 Å². The molecule has 1 N–H and O–H groups in total. The Labute approximate surface area is 153 Å². The highest BCUT2D eigenvalue weighted by atomic mass is 16.6. The first-order chi connectivity index (χ1) is 12.8. The van der Waals surface area contributed by atoms with Crippen LogP contribution in [0.1, 0.15) is 19.3 Å². The van der Waals surface area contributed by atoms with Crippen molar-refractivity contribution in [3.63, 3.8) is 0 Å². The average molecular weight is 359 g/mol. The Kier molecular flexibility index (Phi) is 5.26. The molecule has 1 amide bonds. The molecule has 2 saturated heterocycles. The van der Waals surface area contributed by atoms with Crippen LogP contribution in [0.4, 0.5) is 4.79 Å². The quantitative estimate of drug-likeness (QED) is 0.811. The van der Waals surface area contributed by atoms with Crippen molar-refractivity contribution in [1.29, 1.82) is 0 Å². The van der Waals surface area contributed by atoms with Crippen molar-refractivity contribution in [3.05, 3.63) is 48.0 Å². The highest BCUT2D eigenvalue weighted by Crippen LogP contribution is 2.28. The van der Waals surface area contributed by atoms with Crippen LogP contribution in [-0.2, 0) is 14.2 Å². The van der Waals surface area contributed by atoms with Crippen LogP contribution in [0.15, 0.2) is 48.0 Å². The zero-order valence-corrected chi connectivity index (χ0v) is 14.9. The zero-order valence-electron chi connectivity index (χ0n) is 14.9. The summed E-state index contributed by atoms with van der Waals surface area (Å²) in [6.45, 7) is 5.15. The van der Waals surface area contributed by atoms with Gasteiger partial charge in [-0.15, -0.1) is 0 Å². The summed E-state index contributed by atoms with van der Waals surface area (Å²) in [6, 6.07) is 0. The molecule has 26 heavy (non-hydrogen) atoms. The van der Waals surface area contributed by atoms with E-state index in [1.807, 2.05) is 0 Å². The number of hydrogen-bond acceptors (Lipinski definition) is 6. The molecule has 1 aliphatic carbocycles. The fourth-order valence-corrected chi connectivity index (χ4v) is 3.55. The Hall–Kier alpha value is -2.25. The maximum Gasteiger partial charge on any atom is 0.417 e. The first kappa shape index (κ1) is 17.2. The molecule has 4 rings (SSSR count). The molecule has 7 nitrogen and oxygen atoms in total. The molecule has 0 aromatic rings. The smallest absolute Gasteiger partial charge is 0.417 e. The number of hydrogen-bond donors (Lipinski definition) is 1. The van der Waals surface area contributed by atoms with Crippen LogP contribution in [-0.4, -0.2) is 61.3 Å². The van der Waals surface area contributed by atoms with E-state index < -0.39 is 0 Å². The molecule has 1 atom stereocenters. The maximum atomic E-state index is 12.3. The minimum atomic E-state index is -0.374. The number of nitrogens with zero attached hydrogens (tertiary/aromatic N) is 2. The van der Waals surface area contributed by atoms with E-state index in [2.05, 4.69) is 28.4 Å². The summed E-state index contributed by atoms with van der Waals surface area (Å²) in [6.07, 6.45) is 11.6. The Bertz CT molecular complexity index is 662. The molecule has 0 spiro atoms. The second kappa shape index (κ2) is 7.97. The maximum absolute atomic E-state index is 12.3. The molecule has 0 aromatic heterocycles. The Morgan fingerprint density at radius 2 is 2.12 bits per heavy atom. The molecule has 3 aliphatic heterocycles. The highest BCUT2D eigenvalue weighted by molar-refractivity contribution is 5.71. The summed E-state index contributed by atoms with van der Waals surface area (Å²) in [5.41, 5.74) is 1.30. The van der Waals surface area contributed by atoms with Gasteiger partial charge < -0.3 is 19.5 Å². The van der Waals surface area contributed by atoms with Gasteiger partial charge in [0.05, 0.1) is 6.54 Å². The summed E-state index contributed by atoms with van der Waals surface area (Å²) >= 11 is 0. The summed E-state index contributed by atoms with van der Waals surface area (Å²) in [7, 11) is 0. The molecule has 0 aromatic carbocycles. The molecule has 4 aliphatic rings. The minimum absolute atomic E-state index is 0.148. The summed E-state index contributed by atoms with van der Waals surface area (Å²) in [5, 5.41) is 3.33. The third-order valence-corrected chi connectivity index (χ3v) is 4.92. The summed E-state index contributed by atoms with van der Waals surface area (Å²) in [5.74, 6) is 1.12. The Balaban J connectivity index is 1.32. The first-order valence-corrected chi connectivity index (χ1v) is 9.26. The molecule has 140 valence electrons. The van der Waals surface area contributed by atoms with Crippen molar-refractivity contribution in [3.8, 4) is 0 Å². The number of amides is 1. The Morgan fingerprint density at radius 3 is 2.92 bits per heavy atom. The number of carbonyl (C=O) groups is 1. The van der Waals surface area contributed by atoms with Gasteiger partial charge >= 0.3 is 6.09 Å². The van der Waals surface area contributed by atoms with Gasteiger partial charge in [0.15, 0.2) is 6.26 Å². The largest absolute Gasteiger partial charge is 0.464 e. The number of ether oxygens (including phenoxy) is 3. The summed E-state index contributed by atoms with van der Waals surface area (Å²) < 4.78 is 16.9. The molecule has 0 bridgehead atoms. The van der Waals surface area contributed by atoms with Gasteiger partial charge in [-0.05, 0) is 12.8 Å². The van der Waals surface area contributed by atoms with Gasteiger partial charge in [-0.1, -0.05) is 23.8 Å². The lowest BCUT2D eigenvalue weighted by molar-refractivity contribution is 0.0988. The Morgan fingerprint density at radius 1 is 1.23 bits per heavy atom. The molecule has 7 heteroatoms. The van der Waals surface area contributed by atoms with E-state index >= 15 is 0 Å². The third kappa shape index (κ3) is 4.11. The fourth-order valence-electron chi connectivity index (χ4n) is 3.55. The van der Waals surface area contributed by atoms with E-state index in [0.717, 1.165) is 45.6 Å². The number of carbonyl (C=O) groups excluding carboxylic acids is 1. The van der Waals surface area contributed by atoms with Gasteiger partial charge in [-0.2, -0.15) is 0 Å². The predicted octanol–water partition coefficient (Wildman–Crippen LogP) is 2.07. The van der Waals surface area contributed by atoms with E-state index in [0.29, 0.717) is 24.6 Å². The lowest BCUT2D eigenvalue weighted by Gasteiger charge is -2.28. The van der Waals surface area contributed by atoms with Crippen LogP contribution >= 0.6 is 0 Å². The number of allylic oxidation sites excluding steroid dienone is 4. The van der Waals surface area contributed by atoms with Gasteiger partial charge in [0.1, 0.15) is 18.1 Å². The molecule has 1 unspecified atom stereocenters. The van der Waals surface area contributed by atoms with Crippen LogP contribution in [0.2, 0.25) is 0 Å². The van der Waals surface area contributed by atoms with Crippen LogP contribution in [0, 0.1) is 0 Å². The van der Waals surface area contributed by atoms with Gasteiger partial charge in [-0.25, -0.2) is 9.69 Å². The first-order valence-electron chi connectivity index (χ1n) is 9.26. The van der Waals surface area contributed by atoms with E-state index in [9.17, 15) is 4.79 Å². The average Bonchev–Trinajstić information content (AvgIpc) is 3.04.